The van der Waals surface area contributed by atoms with E-state index in [1.54, 1.807) is 12.3 Å². The molecule has 212 valence electrons. The highest BCUT2D eigenvalue weighted by Crippen LogP contribution is 2.33. The number of fused-ring (bicyclic) bond motifs is 1. The molecule has 0 aliphatic carbocycles. The van der Waals surface area contributed by atoms with Crippen LogP contribution in [0.3, 0.4) is 0 Å². The average Bonchev–Trinajstić information content (AvgIpc) is 3.38. The van der Waals surface area contributed by atoms with Gasteiger partial charge in [0.1, 0.15) is 0 Å². The highest BCUT2D eigenvalue weighted by atomic mass is 79.9. The molecule has 42 heavy (non-hydrogen) atoms. The van der Waals surface area contributed by atoms with Crippen molar-refractivity contribution in [3.63, 3.8) is 0 Å². The summed E-state index contributed by atoms with van der Waals surface area (Å²) < 4.78 is 3.05. The van der Waals surface area contributed by atoms with E-state index in [1.807, 2.05) is 34.9 Å². The SMILES string of the molecule is C/C(=C(\c1ccccc1)c1ccc(NCCCCCn2cc(C(=O)C(=O)O)c3ccccc32)cc1)c1cccc(Br)c1. The zero-order valence-electron chi connectivity index (χ0n) is 23.5. The molecule has 0 amide bonds. The second-order valence-corrected chi connectivity index (χ2v) is 11.2. The van der Waals surface area contributed by atoms with Gasteiger partial charge in [-0.15, -0.1) is 0 Å². The molecule has 0 unspecified atom stereocenters. The van der Waals surface area contributed by atoms with Gasteiger partial charge in [0.2, 0.25) is 0 Å². The Balaban J connectivity index is 1.19. The molecule has 2 N–H and O–H groups in total. The first-order chi connectivity index (χ1) is 20.4. The molecular weight excluding hydrogens is 588 g/mol. The summed E-state index contributed by atoms with van der Waals surface area (Å²) in [5.41, 5.74) is 8.20. The number of carbonyl (C=O) groups is 2. The van der Waals surface area contributed by atoms with E-state index in [1.165, 1.54) is 27.8 Å². The molecule has 1 aromatic heterocycles. The number of hydrogen-bond acceptors (Lipinski definition) is 3. The summed E-state index contributed by atoms with van der Waals surface area (Å²) in [6.45, 7) is 3.76. The van der Waals surface area contributed by atoms with Gasteiger partial charge in [-0.2, -0.15) is 0 Å². The predicted octanol–water partition coefficient (Wildman–Crippen LogP) is 8.93. The Hall–Kier alpha value is -4.42. The number of benzene rings is 4. The van der Waals surface area contributed by atoms with Crippen LogP contribution >= 0.6 is 15.9 Å². The lowest BCUT2D eigenvalue weighted by atomic mass is 9.90. The lowest BCUT2D eigenvalue weighted by Gasteiger charge is -2.15. The minimum atomic E-state index is -1.43. The minimum absolute atomic E-state index is 0.250. The number of anilines is 1. The number of nitrogens with one attached hydrogen (secondary N) is 1. The van der Waals surface area contributed by atoms with Gasteiger partial charge >= 0.3 is 5.97 Å². The normalized spacial score (nSPS) is 11.8. The number of allylic oxidation sites excluding steroid dienone is 1. The van der Waals surface area contributed by atoms with Crippen LogP contribution in [0.4, 0.5) is 5.69 Å². The Bertz CT molecular complexity index is 1740. The summed E-state index contributed by atoms with van der Waals surface area (Å²) in [4.78, 5) is 23.4. The van der Waals surface area contributed by atoms with Crippen molar-refractivity contribution in [3.05, 3.63) is 136 Å². The first kappa shape index (κ1) is 29.1. The minimum Gasteiger partial charge on any atom is -0.475 e. The van der Waals surface area contributed by atoms with Crippen LogP contribution in [-0.4, -0.2) is 28.0 Å². The lowest BCUT2D eigenvalue weighted by Crippen LogP contribution is -2.12. The Labute approximate surface area is 254 Å². The predicted molar refractivity (Wildman–Crippen MR) is 175 cm³/mol. The Morgan fingerprint density at radius 2 is 1.48 bits per heavy atom. The number of aliphatic carboxylic acids is 1. The molecule has 0 fully saturated rings. The van der Waals surface area contributed by atoms with Gasteiger partial charge in [0.15, 0.2) is 0 Å². The van der Waals surface area contributed by atoms with Crippen LogP contribution < -0.4 is 5.32 Å². The van der Waals surface area contributed by atoms with Crippen LogP contribution in [0.2, 0.25) is 0 Å². The number of carboxylic acids is 1. The first-order valence-electron chi connectivity index (χ1n) is 14.1. The zero-order valence-corrected chi connectivity index (χ0v) is 25.1. The van der Waals surface area contributed by atoms with Crippen molar-refractivity contribution >= 4 is 55.4 Å². The largest absolute Gasteiger partial charge is 0.475 e. The summed E-state index contributed by atoms with van der Waals surface area (Å²) in [6.07, 6.45) is 4.61. The van der Waals surface area contributed by atoms with E-state index in [4.69, 9.17) is 0 Å². The number of halogens is 1. The summed E-state index contributed by atoms with van der Waals surface area (Å²) >= 11 is 3.61. The van der Waals surface area contributed by atoms with E-state index < -0.39 is 11.8 Å². The number of carbonyl (C=O) groups excluding carboxylic acids is 1. The number of rotatable bonds is 12. The standard InChI is InChI=1S/C36H33BrN2O3/c1-25(28-13-10-14-29(37)23-28)34(26-11-4-2-5-12-26)27-17-19-30(20-18-27)38-21-8-3-9-22-39-24-32(35(40)36(41)42)31-15-6-7-16-33(31)39/h2,4-7,10-20,23-24,38H,3,8-9,21-22H2,1H3,(H,41,42)/b34-25-. The lowest BCUT2D eigenvalue weighted by molar-refractivity contribution is -0.131. The molecule has 0 aliphatic heterocycles. The van der Waals surface area contributed by atoms with Crippen molar-refractivity contribution in [1.82, 2.24) is 4.57 Å². The molecule has 6 heteroatoms. The van der Waals surface area contributed by atoms with E-state index in [0.717, 1.165) is 48.0 Å². The van der Waals surface area contributed by atoms with Crippen molar-refractivity contribution in [2.45, 2.75) is 32.7 Å². The van der Waals surface area contributed by atoms with Crippen molar-refractivity contribution in [2.75, 3.05) is 11.9 Å². The van der Waals surface area contributed by atoms with Gasteiger partial charge in [0.25, 0.3) is 5.78 Å². The van der Waals surface area contributed by atoms with Gasteiger partial charge in [-0.1, -0.05) is 88.7 Å². The second kappa shape index (κ2) is 13.5. The van der Waals surface area contributed by atoms with Crippen LogP contribution in [0.25, 0.3) is 22.0 Å². The molecule has 0 radical (unpaired) electrons. The quantitative estimate of drug-likeness (QED) is 0.0632. The maximum absolute atomic E-state index is 12.1. The van der Waals surface area contributed by atoms with E-state index >= 15 is 0 Å². The molecule has 0 saturated carbocycles. The number of para-hydroxylation sites is 1. The third kappa shape index (κ3) is 6.72. The number of aryl methyl sites for hydroxylation is 1. The van der Waals surface area contributed by atoms with Crippen molar-refractivity contribution < 1.29 is 14.7 Å². The topological polar surface area (TPSA) is 71.3 Å². The summed E-state index contributed by atoms with van der Waals surface area (Å²) in [5.74, 6) is -2.29. The summed E-state index contributed by atoms with van der Waals surface area (Å²) in [6, 6.07) is 35.0. The summed E-state index contributed by atoms with van der Waals surface area (Å²) in [7, 11) is 0. The number of ketones is 1. The fourth-order valence-electron chi connectivity index (χ4n) is 5.37. The fourth-order valence-corrected chi connectivity index (χ4v) is 5.77. The number of unbranched alkanes of at least 4 members (excludes halogenated alkanes) is 2. The molecule has 4 aromatic carbocycles. The van der Waals surface area contributed by atoms with Crippen LogP contribution in [0.5, 0.6) is 0 Å². The van der Waals surface area contributed by atoms with Crippen molar-refractivity contribution in [3.8, 4) is 0 Å². The molecule has 1 heterocycles. The van der Waals surface area contributed by atoms with Gasteiger partial charge in [0, 0.05) is 40.3 Å². The molecular formula is C36H33BrN2O3. The number of aromatic nitrogens is 1. The molecule has 0 aliphatic rings. The third-order valence-electron chi connectivity index (χ3n) is 7.50. The van der Waals surface area contributed by atoms with Gasteiger partial charge in [0.05, 0.1) is 5.56 Å². The Morgan fingerprint density at radius 1 is 0.786 bits per heavy atom. The van der Waals surface area contributed by atoms with Gasteiger partial charge in [-0.3, -0.25) is 4.79 Å². The van der Waals surface area contributed by atoms with Gasteiger partial charge in [-0.05, 0) is 84.4 Å². The Morgan fingerprint density at radius 3 is 2.21 bits per heavy atom. The number of carboxylic acid groups (broad SMARTS) is 1. The first-order valence-corrected chi connectivity index (χ1v) is 14.9. The van der Waals surface area contributed by atoms with E-state index in [9.17, 15) is 14.7 Å². The highest BCUT2D eigenvalue weighted by Gasteiger charge is 2.20. The number of hydrogen-bond donors (Lipinski definition) is 2. The second-order valence-electron chi connectivity index (χ2n) is 10.3. The molecule has 5 nitrogen and oxygen atoms in total. The van der Waals surface area contributed by atoms with Crippen LogP contribution in [0.15, 0.2) is 114 Å². The number of nitrogens with zero attached hydrogens (tertiary/aromatic N) is 1. The van der Waals surface area contributed by atoms with Gasteiger partial charge in [-0.25, -0.2) is 4.79 Å². The maximum Gasteiger partial charge on any atom is 0.377 e. The molecule has 5 aromatic rings. The maximum atomic E-state index is 12.1. The highest BCUT2D eigenvalue weighted by molar-refractivity contribution is 9.10. The van der Waals surface area contributed by atoms with Gasteiger partial charge < -0.3 is 15.0 Å². The van der Waals surface area contributed by atoms with E-state index in [2.05, 4.69) is 94.9 Å². The molecule has 5 rings (SSSR count). The third-order valence-corrected chi connectivity index (χ3v) is 7.99. The molecule has 0 saturated heterocycles. The smallest absolute Gasteiger partial charge is 0.377 e. The van der Waals surface area contributed by atoms with Crippen LogP contribution in [-0.2, 0) is 11.3 Å². The summed E-state index contributed by atoms with van der Waals surface area (Å²) in [5, 5.41) is 13.4. The van der Waals surface area contributed by atoms with Crippen LogP contribution in [0.1, 0.15) is 53.2 Å². The van der Waals surface area contributed by atoms with E-state index in [0.29, 0.717) is 5.39 Å². The number of Topliss-reactive ketones (excluding diaryl/α,β-unsaturated/α-hetero) is 1. The van der Waals surface area contributed by atoms with Crippen molar-refractivity contribution in [2.24, 2.45) is 0 Å². The zero-order chi connectivity index (χ0) is 29.5. The van der Waals surface area contributed by atoms with E-state index in [-0.39, 0.29) is 5.56 Å². The van der Waals surface area contributed by atoms with Crippen molar-refractivity contribution in [1.29, 1.82) is 0 Å². The molecule has 0 spiro atoms. The Kier molecular flexibility index (Phi) is 9.35. The average molecular weight is 622 g/mol. The molecule has 0 atom stereocenters. The monoisotopic (exact) mass is 620 g/mol. The fraction of sp³-hybridized carbons (Fsp3) is 0.167. The van der Waals surface area contributed by atoms with Crippen LogP contribution in [0, 0.1) is 0 Å². The molecule has 0 bridgehead atoms.